The van der Waals surface area contributed by atoms with Crippen LogP contribution in [0.2, 0.25) is 0 Å². The second-order valence-corrected chi connectivity index (χ2v) is 5.65. The number of rotatable bonds is 5. The van der Waals surface area contributed by atoms with E-state index in [-0.39, 0.29) is 18.4 Å². The first kappa shape index (κ1) is 18.0. The van der Waals surface area contributed by atoms with Crippen LogP contribution in [0, 0.1) is 0 Å². The molecular weight excluding hydrogens is 286 g/mol. The molecule has 118 valence electrons. The van der Waals surface area contributed by atoms with Gasteiger partial charge < -0.3 is 9.64 Å². The highest BCUT2D eigenvalue weighted by Crippen LogP contribution is 2.36. The minimum atomic E-state index is -0.421. The zero-order chi connectivity index (χ0) is 14.4. The summed E-state index contributed by atoms with van der Waals surface area (Å²) in [6.45, 7) is 6.89. The summed E-state index contributed by atoms with van der Waals surface area (Å²) in [4.78, 5) is 14.0. The molecule has 0 N–H and O–H groups in total. The van der Waals surface area contributed by atoms with E-state index in [1.54, 1.807) is 0 Å². The molecule has 2 rings (SSSR count). The molecule has 21 heavy (non-hydrogen) atoms. The Morgan fingerprint density at radius 3 is 2.38 bits per heavy atom. The van der Waals surface area contributed by atoms with E-state index in [2.05, 4.69) is 24.0 Å². The second kappa shape index (κ2) is 8.40. The molecule has 0 spiro atoms. The summed E-state index contributed by atoms with van der Waals surface area (Å²) < 4.78 is 5.75. The first-order valence-corrected chi connectivity index (χ1v) is 7.64. The van der Waals surface area contributed by atoms with Crippen molar-refractivity contribution in [1.82, 2.24) is 4.90 Å². The lowest BCUT2D eigenvalue weighted by Gasteiger charge is -2.41. The van der Waals surface area contributed by atoms with Crippen molar-refractivity contribution in [2.75, 3.05) is 19.6 Å². The number of esters is 1. The van der Waals surface area contributed by atoms with Crippen LogP contribution in [0.3, 0.4) is 0 Å². The van der Waals surface area contributed by atoms with Gasteiger partial charge in [-0.2, -0.15) is 0 Å². The highest BCUT2D eigenvalue weighted by molar-refractivity contribution is 5.85. The minimum Gasteiger partial charge on any atom is -0.454 e. The molecule has 0 bridgehead atoms. The summed E-state index contributed by atoms with van der Waals surface area (Å²) in [5, 5.41) is 0. The predicted octanol–water partition coefficient (Wildman–Crippen LogP) is 3.76. The van der Waals surface area contributed by atoms with Crippen molar-refractivity contribution < 1.29 is 9.53 Å². The fourth-order valence-corrected chi connectivity index (χ4v) is 2.99. The van der Waals surface area contributed by atoms with Crippen LogP contribution in [0.15, 0.2) is 30.3 Å². The van der Waals surface area contributed by atoms with Crippen LogP contribution in [0.25, 0.3) is 0 Å². The van der Waals surface area contributed by atoms with Crippen molar-refractivity contribution in [3.05, 3.63) is 35.9 Å². The molecule has 0 aliphatic carbocycles. The van der Waals surface area contributed by atoms with Gasteiger partial charge in [-0.1, -0.05) is 43.7 Å². The Hall–Kier alpha value is -1.06. The SMILES string of the molecule is CCCCN1CCC(OC(C)=O)(c2ccccc2)CC1.Cl. The average Bonchev–Trinajstić information content (AvgIpc) is 2.47. The molecule has 0 saturated carbocycles. The van der Waals surface area contributed by atoms with Gasteiger partial charge in [-0.15, -0.1) is 12.4 Å². The topological polar surface area (TPSA) is 29.5 Å². The Balaban J connectivity index is 0.00000220. The first-order valence-electron chi connectivity index (χ1n) is 7.64. The van der Waals surface area contributed by atoms with Gasteiger partial charge >= 0.3 is 5.97 Å². The van der Waals surface area contributed by atoms with Crippen LogP contribution >= 0.6 is 12.4 Å². The maximum Gasteiger partial charge on any atom is 0.303 e. The molecule has 4 heteroatoms. The zero-order valence-electron chi connectivity index (χ0n) is 13.0. The first-order chi connectivity index (χ1) is 9.66. The van der Waals surface area contributed by atoms with Gasteiger partial charge in [-0.25, -0.2) is 0 Å². The number of carbonyl (C=O) groups is 1. The molecule has 1 heterocycles. The molecule has 3 nitrogen and oxygen atoms in total. The number of ether oxygens (including phenoxy) is 1. The van der Waals surface area contributed by atoms with Crippen molar-refractivity contribution in [2.24, 2.45) is 0 Å². The number of piperidine rings is 1. The minimum absolute atomic E-state index is 0. The van der Waals surface area contributed by atoms with Crippen LogP contribution in [0.4, 0.5) is 0 Å². The van der Waals surface area contributed by atoms with Crippen molar-refractivity contribution in [3.63, 3.8) is 0 Å². The van der Waals surface area contributed by atoms with Crippen molar-refractivity contribution >= 4 is 18.4 Å². The normalized spacial score (nSPS) is 17.8. The Kier molecular flexibility index (Phi) is 7.20. The predicted molar refractivity (Wildman–Crippen MR) is 87.7 cm³/mol. The quantitative estimate of drug-likeness (QED) is 0.775. The number of unbranched alkanes of at least 4 members (excludes halogenated alkanes) is 1. The lowest BCUT2D eigenvalue weighted by atomic mass is 9.84. The molecule has 0 unspecified atom stereocenters. The van der Waals surface area contributed by atoms with Crippen molar-refractivity contribution in [3.8, 4) is 0 Å². The molecule has 1 aromatic rings. The van der Waals surface area contributed by atoms with Gasteiger partial charge in [0.15, 0.2) is 0 Å². The molecular formula is C17H26ClNO2. The van der Waals surface area contributed by atoms with Gasteiger partial charge in [0.25, 0.3) is 0 Å². The molecule has 1 aromatic carbocycles. The smallest absolute Gasteiger partial charge is 0.303 e. The van der Waals surface area contributed by atoms with Gasteiger partial charge in [-0.3, -0.25) is 4.79 Å². The van der Waals surface area contributed by atoms with Crippen LogP contribution in [-0.4, -0.2) is 30.5 Å². The number of carbonyl (C=O) groups excluding carboxylic acids is 1. The summed E-state index contributed by atoms with van der Waals surface area (Å²) in [7, 11) is 0. The Labute approximate surface area is 134 Å². The monoisotopic (exact) mass is 311 g/mol. The third-order valence-electron chi connectivity index (χ3n) is 4.13. The van der Waals surface area contributed by atoms with E-state index in [1.807, 2.05) is 18.2 Å². The lowest BCUT2D eigenvalue weighted by Crippen LogP contribution is -2.45. The van der Waals surface area contributed by atoms with Crippen molar-refractivity contribution in [1.29, 1.82) is 0 Å². The Bertz CT molecular complexity index is 428. The molecule has 0 amide bonds. The third-order valence-corrected chi connectivity index (χ3v) is 4.13. The Morgan fingerprint density at radius 1 is 1.24 bits per heavy atom. The summed E-state index contributed by atoms with van der Waals surface area (Å²) >= 11 is 0. The van der Waals surface area contributed by atoms with Gasteiger partial charge in [0.1, 0.15) is 5.60 Å². The molecule has 0 radical (unpaired) electrons. The largest absolute Gasteiger partial charge is 0.454 e. The molecule has 1 aliphatic rings. The maximum atomic E-state index is 11.5. The van der Waals surface area contributed by atoms with E-state index in [9.17, 15) is 4.79 Å². The van der Waals surface area contributed by atoms with Crippen molar-refractivity contribution in [2.45, 2.75) is 45.1 Å². The maximum absolute atomic E-state index is 11.5. The van der Waals surface area contributed by atoms with Crippen LogP contribution in [0.1, 0.15) is 45.1 Å². The molecule has 0 aromatic heterocycles. The number of hydrogen-bond acceptors (Lipinski definition) is 3. The second-order valence-electron chi connectivity index (χ2n) is 5.65. The molecule has 0 atom stereocenters. The van der Waals surface area contributed by atoms with E-state index in [1.165, 1.54) is 19.8 Å². The molecule has 1 saturated heterocycles. The standard InChI is InChI=1S/C17H25NO2.ClH/c1-3-4-12-18-13-10-17(11-14-18,20-15(2)19)16-8-6-5-7-9-16;/h5-9H,3-4,10-14H2,1-2H3;1H. The fourth-order valence-electron chi connectivity index (χ4n) is 2.99. The van der Waals surface area contributed by atoms with Crippen LogP contribution in [-0.2, 0) is 15.1 Å². The van der Waals surface area contributed by atoms with E-state index >= 15 is 0 Å². The van der Waals surface area contributed by atoms with Gasteiger partial charge in [-0.05, 0) is 18.5 Å². The van der Waals surface area contributed by atoms with Gasteiger partial charge in [0.2, 0.25) is 0 Å². The third kappa shape index (κ3) is 4.72. The highest BCUT2D eigenvalue weighted by Gasteiger charge is 2.38. The van der Waals surface area contributed by atoms with E-state index in [4.69, 9.17) is 4.74 Å². The molecule has 1 fully saturated rings. The van der Waals surface area contributed by atoms with E-state index < -0.39 is 5.60 Å². The van der Waals surface area contributed by atoms with Gasteiger partial charge in [0.05, 0.1) is 0 Å². The highest BCUT2D eigenvalue weighted by atomic mass is 35.5. The average molecular weight is 312 g/mol. The number of halogens is 1. The number of nitrogens with zero attached hydrogens (tertiary/aromatic N) is 1. The van der Waals surface area contributed by atoms with E-state index in [0.717, 1.165) is 38.0 Å². The van der Waals surface area contributed by atoms with Crippen LogP contribution in [0.5, 0.6) is 0 Å². The molecule has 1 aliphatic heterocycles. The van der Waals surface area contributed by atoms with Crippen LogP contribution < -0.4 is 0 Å². The fraction of sp³-hybridized carbons (Fsp3) is 0.588. The summed E-state index contributed by atoms with van der Waals surface area (Å²) in [6.07, 6.45) is 4.25. The van der Waals surface area contributed by atoms with Gasteiger partial charge in [0, 0.05) is 32.9 Å². The summed E-state index contributed by atoms with van der Waals surface area (Å²) in [6, 6.07) is 10.2. The lowest BCUT2D eigenvalue weighted by molar-refractivity contribution is -0.164. The van der Waals surface area contributed by atoms with E-state index in [0.29, 0.717) is 0 Å². The zero-order valence-corrected chi connectivity index (χ0v) is 13.8. The number of benzene rings is 1. The summed E-state index contributed by atoms with van der Waals surface area (Å²) in [5.41, 5.74) is 0.709. The Morgan fingerprint density at radius 2 is 1.86 bits per heavy atom. The number of likely N-dealkylation sites (tertiary alicyclic amines) is 1. The number of hydrogen-bond donors (Lipinski definition) is 0. The summed E-state index contributed by atoms with van der Waals surface area (Å²) in [5.74, 6) is -0.184.